The predicted molar refractivity (Wildman–Crippen MR) is 132 cm³/mol. The molecule has 3 N–H and O–H groups in total. The Balaban J connectivity index is 1.58. The van der Waals surface area contributed by atoms with Crippen molar-refractivity contribution in [2.24, 2.45) is 46.2 Å². The minimum Gasteiger partial charge on any atom is -0.369 e. The first kappa shape index (κ1) is 28.0. The van der Waals surface area contributed by atoms with Crippen molar-refractivity contribution >= 4 is 11.8 Å². The Labute approximate surface area is 223 Å². The third-order valence-electron chi connectivity index (χ3n) is 10.9. The van der Waals surface area contributed by atoms with E-state index in [1.165, 1.54) is 12.1 Å². The molecular formula is C29H34F6N2O2. The first-order valence-corrected chi connectivity index (χ1v) is 13.5. The van der Waals surface area contributed by atoms with E-state index < -0.39 is 57.8 Å². The van der Waals surface area contributed by atoms with Crippen molar-refractivity contribution in [2.75, 3.05) is 0 Å². The lowest BCUT2D eigenvalue weighted by atomic mass is 9.46. The molecule has 4 nitrogen and oxygen atoms in total. The second-order valence-corrected chi connectivity index (χ2v) is 12.6. The molecule has 4 aliphatic rings. The lowest BCUT2D eigenvalue weighted by Crippen LogP contribution is -2.63. The molecule has 1 saturated heterocycles. The number of nitrogens with one attached hydrogen (secondary N) is 1. The third kappa shape index (κ3) is 3.79. The van der Waals surface area contributed by atoms with Gasteiger partial charge >= 0.3 is 12.4 Å². The molecule has 5 rings (SSSR count). The van der Waals surface area contributed by atoms with Gasteiger partial charge < -0.3 is 11.1 Å². The summed E-state index contributed by atoms with van der Waals surface area (Å²) in [4.78, 5) is 24.5. The number of rotatable bonds is 3. The number of nitrogens with two attached hydrogens (primary N) is 1. The molecule has 0 aromatic heterocycles. The highest BCUT2D eigenvalue weighted by atomic mass is 19.4. The molecule has 3 aliphatic carbocycles. The quantitative estimate of drug-likeness (QED) is 0.337. The van der Waals surface area contributed by atoms with Crippen molar-refractivity contribution in [1.82, 2.24) is 5.32 Å². The summed E-state index contributed by atoms with van der Waals surface area (Å²) in [7, 11) is 0. The molecule has 7 atom stereocenters. The van der Waals surface area contributed by atoms with Crippen LogP contribution in [0.5, 0.6) is 0 Å². The highest BCUT2D eigenvalue weighted by molar-refractivity contribution is 6.01. The number of hydrogen-bond acceptors (Lipinski definition) is 2. The van der Waals surface area contributed by atoms with E-state index in [0.29, 0.717) is 24.1 Å². The minimum absolute atomic E-state index is 0.0951. The van der Waals surface area contributed by atoms with Crippen LogP contribution in [0.15, 0.2) is 36.0 Å². The second-order valence-electron chi connectivity index (χ2n) is 12.6. The van der Waals surface area contributed by atoms with Crippen molar-refractivity contribution in [1.29, 1.82) is 0 Å². The number of fused-ring (bicyclic) bond motifs is 5. The summed E-state index contributed by atoms with van der Waals surface area (Å²) in [5.41, 5.74) is 0.173. The molecule has 1 heterocycles. The summed E-state index contributed by atoms with van der Waals surface area (Å²) < 4.78 is 90.0. The Bertz CT molecular complexity index is 1190. The Morgan fingerprint density at radius 1 is 0.974 bits per heavy atom. The molecule has 0 bridgehead atoms. The standard InChI is InChI=1S/C29H34F6N2O2/c1-15-4-6-16(7-5-15)27(28(30,31)32,29(33,34)35)21-10-9-19-17-8-11-22-26(3,20(17)12-13-25(19,21)2)14-18(23(36)38)24(39)37-22/h4-7,11,17-21H,8-10,12-14H2,1-3H3,(H2,36,38)(H,37,39)/t17-,18?,19-,20+,21?,25-,26+/m0/s1. The lowest BCUT2D eigenvalue weighted by Gasteiger charge is -2.59. The highest BCUT2D eigenvalue weighted by Crippen LogP contribution is 2.72. The van der Waals surface area contributed by atoms with Gasteiger partial charge in [-0.05, 0) is 80.1 Å². The Morgan fingerprint density at radius 2 is 1.59 bits per heavy atom. The van der Waals surface area contributed by atoms with E-state index in [2.05, 4.69) is 5.32 Å². The first-order valence-electron chi connectivity index (χ1n) is 13.5. The van der Waals surface area contributed by atoms with Gasteiger partial charge in [-0.3, -0.25) is 9.59 Å². The smallest absolute Gasteiger partial charge is 0.369 e. The van der Waals surface area contributed by atoms with Gasteiger partial charge in [-0.2, -0.15) is 26.3 Å². The molecule has 39 heavy (non-hydrogen) atoms. The average molecular weight is 557 g/mol. The summed E-state index contributed by atoms with van der Waals surface area (Å²) in [6, 6.07) is 4.61. The summed E-state index contributed by atoms with van der Waals surface area (Å²) in [5.74, 6) is -4.54. The molecule has 1 aromatic carbocycles. The van der Waals surface area contributed by atoms with Crippen molar-refractivity contribution in [2.45, 2.75) is 77.1 Å². The van der Waals surface area contributed by atoms with Gasteiger partial charge in [-0.15, -0.1) is 0 Å². The number of piperidine rings is 1. The fourth-order valence-electron chi connectivity index (χ4n) is 9.13. The fraction of sp³-hybridized carbons (Fsp3) is 0.655. The Kier molecular flexibility index (Phi) is 6.28. The number of carbonyl (C=O) groups excluding carboxylic acids is 2. The first-order chi connectivity index (χ1) is 18.0. The van der Waals surface area contributed by atoms with E-state index in [9.17, 15) is 35.9 Å². The van der Waals surface area contributed by atoms with E-state index in [1.807, 2.05) is 13.0 Å². The number of hydrogen-bond donors (Lipinski definition) is 2. The molecular weight excluding hydrogens is 522 g/mol. The van der Waals surface area contributed by atoms with Crippen LogP contribution >= 0.6 is 0 Å². The van der Waals surface area contributed by atoms with Crippen LogP contribution in [0.25, 0.3) is 0 Å². The van der Waals surface area contributed by atoms with E-state index in [4.69, 9.17) is 5.73 Å². The number of carbonyl (C=O) groups is 2. The van der Waals surface area contributed by atoms with E-state index >= 15 is 0 Å². The molecule has 0 radical (unpaired) electrons. The van der Waals surface area contributed by atoms with Crippen LogP contribution in [0.3, 0.4) is 0 Å². The van der Waals surface area contributed by atoms with Crippen molar-refractivity contribution in [3.05, 3.63) is 47.2 Å². The van der Waals surface area contributed by atoms with Gasteiger partial charge in [0.1, 0.15) is 5.92 Å². The van der Waals surface area contributed by atoms with Crippen LogP contribution in [0.4, 0.5) is 26.3 Å². The van der Waals surface area contributed by atoms with Crippen LogP contribution < -0.4 is 11.1 Å². The number of halogens is 6. The van der Waals surface area contributed by atoms with Crippen LogP contribution in [-0.2, 0) is 15.0 Å². The summed E-state index contributed by atoms with van der Waals surface area (Å²) >= 11 is 0. The van der Waals surface area contributed by atoms with Gasteiger partial charge in [-0.25, -0.2) is 0 Å². The van der Waals surface area contributed by atoms with Gasteiger partial charge in [0.25, 0.3) is 0 Å². The third-order valence-corrected chi connectivity index (χ3v) is 10.9. The predicted octanol–water partition coefficient (Wildman–Crippen LogP) is 6.33. The van der Waals surface area contributed by atoms with Gasteiger partial charge in [0, 0.05) is 11.1 Å². The summed E-state index contributed by atoms with van der Waals surface area (Å²) in [6.45, 7) is 5.19. The lowest BCUT2D eigenvalue weighted by molar-refractivity contribution is -0.329. The maximum atomic E-state index is 15.0. The number of primary amides is 1. The molecule has 214 valence electrons. The molecule has 2 unspecified atom stereocenters. The van der Waals surface area contributed by atoms with Crippen LogP contribution in [0.2, 0.25) is 0 Å². The van der Waals surface area contributed by atoms with Gasteiger partial charge in [0.2, 0.25) is 11.8 Å². The summed E-state index contributed by atoms with van der Waals surface area (Å²) in [5, 5.41) is 2.82. The Morgan fingerprint density at radius 3 is 2.15 bits per heavy atom. The molecule has 2 saturated carbocycles. The number of benzene rings is 1. The van der Waals surface area contributed by atoms with Crippen molar-refractivity contribution in [3.63, 3.8) is 0 Å². The summed E-state index contributed by atoms with van der Waals surface area (Å²) in [6.07, 6.45) is -7.92. The largest absolute Gasteiger partial charge is 0.407 e. The zero-order valence-electron chi connectivity index (χ0n) is 22.2. The number of aryl methyl sites for hydroxylation is 1. The number of allylic oxidation sites excluding steroid dienone is 2. The normalized spacial score (nSPS) is 36.8. The zero-order chi connectivity index (χ0) is 28.8. The van der Waals surface area contributed by atoms with Crippen LogP contribution in [0.1, 0.15) is 63.5 Å². The molecule has 1 aliphatic heterocycles. The highest BCUT2D eigenvalue weighted by Gasteiger charge is 2.79. The van der Waals surface area contributed by atoms with Crippen molar-refractivity contribution in [3.8, 4) is 0 Å². The molecule has 3 fully saturated rings. The van der Waals surface area contributed by atoms with Crippen LogP contribution in [0, 0.1) is 47.3 Å². The Hall–Kier alpha value is -2.52. The van der Waals surface area contributed by atoms with Crippen molar-refractivity contribution < 1.29 is 35.9 Å². The number of amides is 2. The second kappa shape index (κ2) is 8.74. The molecule has 1 aromatic rings. The van der Waals surface area contributed by atoms with Crippen LogP contribution in [-0.4, -0.2) is 24.2 Å². The van der Waals surface area contributed by atoms with Gasteiger partial charge in [-0.1, -0.05) is 49.8 Å². The fourth-order valence-corrected chi connectivity index (χ4v) is 9.13. The maximum absolute atomic E-state index is 15.0. The monoisotopic (exact) mass is 556 g/mol. The molecule has 2 amide bonds. The minimum atomic E-state index is -5.55. The van der Waals surface area contributed by atoms with E-state index in [-0.39, 0.29) is 43.4 Å². The van der Waals surface area contributed by atoms with E-state index in [1.54, 1.807) is 13.8 Å². The van der Waals surface area contributed by atoms with Gasteiger partial charge in [0.05, 0.1) is 0 Å². The average Bonchev–Trinajstić information content (AvgIpc) is 3.16. The van der Waals surface area contributed by atoms with Gasteiger partial charge in [0.15, 0.2) is 5.41 Å². The SMILES string of the molecule is Cc1ccc(C(C2CC[C@H]3[C@@H]4CC=C5NC(=O)C(C(N)=O)C[C@]5(C)[C@@H]4CC[C@]23C)(C(F)(F)F)C(F)(F)F)cc1. The maximum Gasteiger partial charge on any atom is 0.407 e. The van der Waals surface area contributed by atoms with E-state index in [0.717, 1.165) is 12.1 Å². The molecule has 10 heteroatoms. The number of alkyl halides is 6. The zero-order valence-corrected chi connectivity index (χ0v) is 22.2. The topological polar surface area (TPSA) is 72.2 Å². The molecule has 0 spiro atoms.